The zero-order valence-corrected chi connectivity index (χ0v) is 48.9. The van der Waals surface area contributed by atoms with Crippen LogP contribution in [0.4, 0.5) is 34.1 Å². The van der Waals surface area contributed by atoms with Crippen LogP contribution in [0.1, 0.15) is 116 Å². The molecule has 0 saturated heterocycles. The number of anilines is 6. The highest BCUT2D eigenvalue weighted by Gasteiger charge is 2.45. The number of fused-ring (bicyclic) bond motifs is 10. The summed E-state index contributed by atoms with van der Waals surface area (Å²) < 4.78 is 0. The van der Waals surface area contributed by atoms with Crippen LogP contribution in [0.25, 0.3) is 65.3 Å². The Morgan fingerprint density at radius 2 is 0.684 bits per heavy atom. The van der Waals surface area contributed by atoms with E-state index in [4.69, 9.17) is 0 Å². The van der Waals surface area contributed by atoms with Gasteiger partial charge in [-0.3, -0.25) is 0 Å². The van der Waals surface area contributed by atoms with Crippen LogP contribution in [0.15, 0.2) is 188 Å². The van der Waals surface area contributed by atoms with Crippen molar-refractivity contribution in [2.75, 3.05) is 9.80 Å². The Morgan fingerprint density at radius 1 is 0.304 bits per heavy atom. The van der Waals surface area contributed by atoms with E-state index >= 15 is 0 Å². The van der Waals surface area contributed by atoms with Gasteiger partial charge in [0.25, 0.3) is 6.71 Å². The molecule has 79 heavy (non-hydrogen) atoms. The van der Waals surface area contributed by atoms with Crippen molar-refractivity contribution in [2.45, 2.75) is 119 Å². The molecule has 0 bridgehead atoms. The third kappa shape index (κ3) is 8.46. The normalized spacial score (nSPS) is 13.6. The second-order valence-electron chi connectivity index (χ2n) is 27.3. The molecule has 3 heteroatoms. The standard InChI is InChI=1S/C76H73BN2/c1-46-32-53(48-22-16-15-17-23-48)33-47(2)71(46)54-36-69-72-70(37-54)79(60-42-57(75(9,10)11)39-58(43-60)76(12,13)14)68-45-64-52(31-29-50-25-19-21-27-62(50)64)35-66(68)77(72)65-34-51-30-28-49-24-18-20-26-61(49)63(51)44-67(65)78(69)59-40-55(73(3,4)5)38-56(41-59)74(6,7)8/h15-45H,1-14H3. The smallest absolute Gasteiger partial charge is 0.252 e. The van der Waals surface area contributed by atoms with Crippen LogP contribution in [0.2, 0.25) is 0 Å². The summed E-state index contributed by atoms with van der Waals surface area (Å²) in [6.45, 7) is 32.9. The van der Waals surface area contributed by atoms with Gasteiger partial charge in [-0.15, -0.1) is 0 Å². The number of nitrogens with zero attached hydrogens (tertiary/aromatic N) is 2. The highest BCUT2D eigenvalue weighted by atomic mass is 15.2. The van der Waals surface area contributed by atoms with Gasteiger partial charge >= 0.3 is 0 Å². The van der Waals surface area contributed by atoms with Gasteiger partial charge in [0.15, 0.2) is 0 Å². The van der Waals surface area contributed by atoms with E-state index in [9.17, 15) is 0 Å². The first-order valence-electron chi connectivity index (χ1n) is 28.7. The van der Waals surface area contributed by atoms with Crippen molar-refractivity contribution in [3.05, 3.63) is 221 Å². The Kier molecular flexibility index (Phi) is 11.4. The molecule has 2 aliphatic rings. The second-order valence-corrected chi connectivity index (χ2v) is 27.3. The van der Waals surface area contributed by atoms with E-state index in [1.165, 1.54) is 149 Å². The lowest BCUT2D eigenvalue weighted by atomic mass is 9.33. The third-order valence-electron chi connectivity index (χ3n) is 17.5. The quantitative estimate of drug-likeness (QED) is 0.128. The average molecular weight is 1030 g/mol. The van der Waals surface area contributed by atoms with Crippen molar-refractivity contribution in [3.63, 3.8) is 0 Å². The van der Waals surface area contributed by atoms with Crippen LogP contribution in [0, 0.1) is 13.8 Å². The summed E-state index contributed by atoms with van der Waals surface area (Å²) in [4.78, 5) is 5.37. The molecule has 2 nitrogen and oxygen atoms in total. The highest BCUT2D eigenvalue weighted by Crippen LogP contribution is 2.51. The van der Waals surface area contributed by atoms with Crippen molar-refractivity contribution in [2.24, 2.45) is 0 Å². The number of aryl methyl sites for hydroxylation is 2. The zero-order chi connectivity index (χ0) is 55.2. The molecular formula is C76H73BN2. The SMILES string of the molecule is Cc1cc(-c2ccccc2)cc(C)c1-c1cc2c3c(c1)N(c1cc(C(C)(C)C)cc(C(C)(C)C)c1)c1cc4c(ccc5ccccc54)cc1B3c1cc3ccc4ccccc4c3cc1N2c1cc(C(C)(C)C)cc(C(C)(C)C)c1. The molecular weight excluding hydrogens is 952 g/mol. The summed E-state index contributed by atoms with van der Waals surface area (Å²) in [7, 11) is 0. The minimum Gasteiger partial charge on any atom is -0.311 e. The monoisotopic (exact) mass is 1020 g/mol. The molecule has 0 unspecified atom stereocenters. The van der Waals surface area contributed by atoms with Crippen LogP contribution < -0.4 is 26.2 Å². The van der Waals surface area contributed by atoms with E-state index < -0.39 is 0 Å². The lowest BCUT2D eigenvalue weighted by molar-refractivity contribution is 0.568. The Morgan fingerprint density at radius 3 is 1.09 bits per heavy atom. The topological polar surface area (TPSA) is 6.48 Å². The van der Waals surface area contributed by atoms with Gasteiger partial charge in [0.2, 0.25) is 0 Å². The molecule has 0 saturated carbocycles. The predicted octanol–water partition coefficient (Wildman–Crippen LogP) is 19.5. The largest absolute Gasteiger partial charge is 0.311 e. The molecule has 0 aliphatic carbocycles. The molecule has 13 rings (SSSR count). The molecule has 2 heterocycles. The molecule has 0 atom stereocenters. The summed E-state index contributed by atoms with van der Waals surface area (Å²) in [6, 6.07) is 73.3. The van der Waals surface area contributed by atoms with E-state index in [0.29, 0.717) is 0 Å². The first kappa shape index (κ1) is 50.6. The van der Waals surface area contributed by atoms with E-state index in [1.54, 1.807) is 0 Å². The summed E-state index contributed by atoms with van der Waals surface area (Å²) >= 11 is 0. The minimum absolute atomic E-state index is 0.0910. The zero-order valence-electron chi connectivity index (χ0n) is 48.9. The molecule has 0 spiro atoms. The molecule has 11 aromatic rings. The van der Waals surface area contributed by atoms with Crippen molar-refractivity contribution < 1.29 is 0 Å². The molecule has 390 valence electrons. The fourth-order valence-electron chi connectivity index (χ4n) is 13.1. The molecule has 11 aromatic carbocycles. The molecule has 2 aliphatic heterocycles. The van der Waals surface area contributed by atoms with Gasteiger partial charge in [-0.25, -0.2) is 0 Å². The Balaban J connectivity index is 1.23. The number of rotatable bonds is 4. The van der Waals surface area contributed by atoms with Crippen LogP contribution in [-0.4, -0.2) is 6.71 Å². The van der Waals surface area contributed by atoms with Gasteiger partial charge < -0.3 is 9.80 Å². The fourth-order valence-corrected chi connectivity index (χ4v) is 13.1. The fraction of sp³-hybridized carbons (Fsp3) is 0.237. The maximum absolute atomic E-state index is 2.69. The van der Waals surface area contributed by atoms with Crippen LogP contribution in [0.3, 0.4) is 0 Å². The first-order valence-corrected chi connectivity index (χ1v) is 28.7. The van der Waals surface area contributed by atoms with E-state index in [0.717, 1.165) is 0 Å². The first-order chi connectivity index (χ1) is 37.5. The number of hydrogen-bond acceptors (Lipinski definition) is 2. The third-order valence-corrected chi connectivity index (χ3v) is 17.5. The van der Waals surface area contributed by atoms with Crippen molar-refractivity contribution in [3.8, 4) is 22.3 Å². The van der Waals surface area contributed by atoms with Crippen molar-refractivity contribution in [1.82, 2.24) is 0 Å². The van der Waals surface area contributed by atoms with Gasteiger partial charge in [-0.05, 0) is 199 Å². The lowest BCUT2D eigenvalue weighted by Crippen LogP contribution is -2.61. The van der Waals surface area contributed by atoms with Gasteiger partial charge in [-0.2, -0.15) is 0 Å². The lowest BCUT2D eigenvalue weighted by Gasteiger charge is -2.45. The Labute approximate surface area is 469 Å². The summed E-state index contributed by atoms with van der Waals surface area (Å²) in [6.07, 6.45) is 0. The molecule has 0 amide bonds. The van der Waals surface area contributed by atoms with Crippen molar-refractivity contribution >= 4 is 100 Å². The van der Waals surface area contributed by atoms with Crippen molar-refractivity contribution in [1.29, 1.82) is 0 Å². The minimum atomic E-state index is -0.101. The Bertz CT molecular complexity index is 4010. The summed E-state index contributed by atoms with van der Waals surface area (Å²) in [5.41, 5.74) is 23.7. The summed E-state index contributed by atoms with van der Waals surface area (Å²) in [5.74, 6) is 0. The average Bonchev–Trinajstić information content (AvgIpc) is 2.88. The van der Waals surface area contributed by atoms with Gasteiger partial charge in [0.05, 0.1) is 0 Å². The second kappa shape index (κ2) is 17.8. The van der Waals surface area contributed by atoms with Crippen LogP contribution in [-0.2, 0) is 21.7 Å². The molecule has 0 aromatic heterocycles. The van der Waals surface area contributed by atoms with E-state index in [-0.39, 0.29) is 28.4 Å². The maximum atomic E-state index is 2.69. The van der Waals surface area contributed by atoms with Gasteiger partial charge in [0.1, 0.15) is 0 Å². The Hall–Kier alpha value is -7.88. The number of benzene rings is 11. The van der Waals surface area contributed by atoms with Crippen LogP contribution in [0.5, 0.6) is 0 Å². The van der Waals surface area contributed by atoms with Gasteiger partial charge in [0, 0.05) is 34.1 Å². The van der Waals surface area contributed by atoms with E-state index in [1.807, 2.05) is 0 Å². The molecule has 0 fully saturated rings. The van der Waals surface area contributed by atoms with Crippen LogP contribution >= 0.6 is 0 Å². The molecule has 0 radical (unpaired) electrons. The van der Waals surface area contributed by atoms with Gasteiger partial charge in [-0.1, -0.05) is 223 Å². The van der Waals surface area contributed by atoms with E-state index in [2.05, 4.69) is 295 Å². The maximum Gasteiger partial charge on any atom is 0.252 e. The number of hydrogen-bond donors (Lipinski definition) is 0. The summed E-state index contributed by atoms with van der Waals surface area (Å²) in [5, 5.41) is 10.1. The highest BCUT2D eigenvalue weighted by molar-refractivity contribution is 7.00. The predicted molar refractivity (Wildman–Crippen MR) is 346 cm³/mol. The molecule has 0 N–H and O–H groups in total.